The second kappa shape index (κ2) is 13.8. The molecule has 0 aliphatic carbocycles. The van der Waals surface area contributed by atoms with Crippen LogP contribution in [0.2, 0.25) is 0 Å². The van der Waals surface area contributed by atoms with E-state index in [9.17, 15) is 9.59 Å². The number of hydrogen-bond donors (Lipinski definition) is 1. The molecule has 6 heteroatoms. The van der Waals surface area contributed by atoms with E-state index in [2.05, 4.69) is 31.0 Å². The summed E-state index contributed by atoms with van der Waals surface area (Å²) in [5.74, 6) is 0.644. The van der Waals surface area contributed by atoms with E-state index in [1.807, 2.05) is 84.8 Å². The maximum absolute atomic E-state index is 14.0. The summed E-state index contributed by atoms with van der Waals surface area (Å²) in [6.45, 7) is 7.70. The van der Waals surface area contributed by atoms with Gasteiger partial charge < -0.3 is 19.5 Å². The molecule has 4 rings (SSSR count). The van der Waals surface area contributed by atoms with Crippen LogP contribution in [-0.4, -0.2) is 53.3 Å². The third-order valence-electron chi connectivity index (χ3n) is 7.36. The number of hydrogen-bond acceptors (Lipinski definition) is 3. The minimum absolute atomic E-state index is 0.00428. The Hall–Kier alpha value is -4.06. The van der Waals surface area contributed by atoms with Crippen molar-refractivity contribution < 1.29 is 14.3 Å². The fourth-order valence-corrected chi connectivity index (χ4v) is 5.32. The van der Waals surface area contributed by atoms with Gasteiger partial charge in [-0.3, -0.25) is 9.59 Å². The number of carbonyl (C=O) groups excluding carboxylic acids is 2. The van der Waals surface area contributed by atoms with Crippen molar-refractivity contribution in [1.29, 1.82) is 0 Å². The number of nitrogens with one attached hydrogen (secondary N) is 1. The number of benzene rings is 3. The summed E-state index contributed by atoms with van der Waals surface area (Å²) in [5, 5.41) is 1.16. The van der Waals surface area contributed by atoms with Crippen LogP contribution in [0.4, 0.5) is 0 Å². The monoisotopic (exact) mass is 539 g/mol. The zero-order valence-electron chi connectivity index (χ0n) is 24.1. The van der Waals surface area contributed by atoms with Crippen LogP contribution in [0.1, 0.15) is 49.8 Å². The molecule has 0 aliphatic rings. The number of fused-ring (bicyclic) bond motifs is 1. The van der Waals surface area contributed by atoms with Crippen LogP contribution in [0.3, 0.4) is 0 Å². The van der Waals surface area contributed by atoms with E-state index in [4.69, 9.17) is 4.74 Å². The number of rotatable bonds is 13. The fourth-order valence-electron chi connectivity index (χ4n) is 5.32. The number of carbonyl (C=O) groups is 2. The highest BCUT2D eigenvalue weighted by atomic mass is 16.5. The predicted molar refractivity (Wildman–Crippen MR) is 161 cm³/mol. The van der Waals surface area contributed by atoms with E-state index in [0.29, 0.717) is 32.5 Å². The maximum atomic E-state index is 14.0. The first-order valence-corrected chi connectivity index (χ1v) is 14.2. The Labute approximate surface area is 238 Å². The summed E-state index contributed by atoms with van der Waals surface area (Å²) in [6, 6.07) is 25.9. The Balaban J connectivity index is 1.58. The van der Waals surface area contributed by atoms with Gasteiger partial charge in [0.1, 0.15) is 5.75 Å². The largest absolute Gasteiger partial charge is 0.496 e. The lowest BCUT2D eigenvalue weighted by atomic mass is 9.94. The molecule has 210 valence electrons. The van der Waals surface area contributed by atoms with Gasteiger partial charge in [-0.15, -0.1) is 0 Å². The van der Waals surface area contributed by atoms with E-state index in [0.717, 1.165) is 27.8 Å². The van der Waals surface area contributed by atoms with Gasteiger partial charge >= 0.3 is 0 Å². The molecule has 0 bridgehead atoms. The molecule has 3 aromatic carbocycles. The van der Waals surface area contributed by atoms with Crippen molar-refractivity contribution in [1.82, 2.24) is 14.8 Å². The smallest absolute Gasteiger partial charge is 0.242 e. The summed E-state index contributed by atoms with van der Waals surface area (Å²) in [7, 11) is 1.65. The Bertz CT molecular complexity index is 1400. The average Bonchev–Trinajstić information content (AvgIpc) is 3.38. The molecule has 0 radical (unpaired) electrons. The van der Waals surface area contributed by atoms with Crippen molar-refractivity contribution in [3.05, 3.63) is 102 Å². The van der Waals surface area contributed by atoms with Gasteiger partial charge in [-0.2, -0.15) is 0 Å². The number of H-pyrrole nitrogens is 1. The van der Waals surface area contributed by atoms with Gasteiger partial charge in [-0.25, -0.2) is 0 Å². The van der Waals surface area contributed by atoms with Crippen LogP contribution in [0.25, 0.3) is 10.9 Å². The quantitative estimate of drug-likeness (QED) is 0.213. The lowest BCUT2D eigenvalue weighted by molar-refractivity contribution is -0.142. The molecule has 2 amide bonds. The standard InChI is InChI=1S/C34H41N3O3/c1-5-29(26-13-7-6-8-14-26)34(39)37(22-25(2)3)24-33(38)36(23-28-15-9-12-18-32(28)40-4)20-19-27-21-35-31-17-11-10-16-30(27)31/h6-18,21,25,29,35H,5,19-20,22-24H2,1-4H3. The van der Waals surface area contributed by atoms with Crippen LogP contribution in [0.15, 0.2) is 85.1 Å². The molecule has 40 heavy (non-hydrogen) atoms. The predicted octanol–water partition coefficient (Wildman–Crippen LogP) is 6.43. The average molecular weight is 540 g/mol. The van der Waals surface area contributed by atoms with E-state index < -0.39 is 0 Å². The molecule has 1 N–H and O–H groups in total. The van der Waals surface area contributed by atoms with Crippen molar-refractivity contribution in [3.8, 4) is 5.75 Å². The third-order valence-corrected chi connectivity index (χ3v) is 7.36. The minimum Gasteiger partial charge on any atom is -0.496 e. The van der Waals surface area contributed by atoms with Crippen molar-refractivity contribution >= 4 is 22.7 Å². The Morgan fingerprint density at radius 2 is 1.57 bits per heavy atom. The van der Waals surface area contributed by atoms with Gasteiger partial charge in [-0.1, -0.05) is 87.5 Å². The highest BCUT2D eigenvalue weighted by Gasteiger charge is 2.28. The number of ether oxygens (including phenoxy) is 1. The van der Waals surface area contributed by atoms with Crippen LogP contribution in [0, 0.1) is 5.92 Å². The zero-order valence-corrected chi connectivity index (χ0v) is 24.1. The van der Waals surface area contributed by atoms with Gasteiger partial charge in [-0.05, 0) is 42.0 Å². The molecular formula is C34H41N3O3. The first-order chi connectivity index (χ1) is 19.4. The van der Waals surface area contributed by atoms with Gasteiger partial charge in [0.05, 0.1) is 19.6 Å². The maximum Gasteiger partial charge on any atom is 0.242 e. The molecule has 0 aliphatic heterocycles. The molecule has 1 unspecified atom stereocenters. The van der Waals surface area contributed by atoms with Crippen LogP contribution in [-0.2, 0) is 22.6 Å². The van der Waals surface area contributed by atoms with E-state index in [-0.39, 0.29) is 30.2 Å². The molecule has 1 aromatic heterocycles. The van der Waals surface area contributed by atoms with Crippen molar-refractivity contribution in [2.75, 3.05) is 26.7 Å². The lowest BCUT2D eigenvalue weighted by Crippen LogP contribution is -2.46. The minimum atomic E-state index is -0.276. The molecule has 0 fully saturated rings. The molecule has 4 aromatic rings. The Kier molecular flexibility index (Phi) is 10.0. The summed E-state index contributed by atoms with van der Waals surface area (Å²) >= 11 is 0. The summed E-state index contributed by atoms with van der Waals surface area (Å²) in [4.78, 5) is 34.8. The first kappa shape index (κ1) is 28.9. The number of nitrogens with zero attached hydrogens (tertiary/aromatic N) is 2. The SMILES string of the molecule is CCC(C(=O)N(CC(=O)N(CCc1c[nH]c2ccccc12)Cc1ccccc1OC)CC(C)C)c1ccccc1. The zero-order chi connectivity index (χ0) is 28.5. The number of aromatic amines is 1. The fraction of sp³-hybridized carbons (Fsp3) is 0.353. The van der Waals surface area contributed by atoms with Crippen molar-refractivity contribution in [3.63, 3.8) is 0 Å². The lowest BCUT2D eigenvalue weighted by Gasteiger charge is -2.31. The number of aromatic nitrogens is 1. The second-order valence-corrected chi connectivity index (χ2v) is 10.7. The number of methoxy groups -OCH3 is 1. The van der Waals surface area contributed by atoms with Crippen molar-refractivity contribution in [2.45, 2.75) is 46.1 Å². The molecule has 0 saturated heterocycles. The number of amides is 2. The van der Waals surface area contributed by atoms with Crippen LogP contribution >= 0.6 is 0 Å². The molecule has 6 nitrogen and oxygen atoms in total. The summed E-state index contributed by atoms with van der Waals surface area (Å²) in [6.07, 6.45) is 3.40. The Morgan fingerprint density at radius 3 is 2.30 bits per heavy atom. The third kappa shape index (κ3) is 7.12. The molecule has 0 spiro atoms. The molecular weight excluding hydrogens is 498 g/mol. The topological polar surface area (TPSA) is 65.6 Å². The highest BCUT2D eigenvalue weighted by molar-refractivity contribution is 5.89. The summed E-state index contributed by atoms with van der Waals surface area (Å²) < 4.78 is 5.59. The van der Waals surface area contributed by atoms with Crippen molar-refractivity contribution in [2.24, 2.45) is 5.92 Å². The van der Waals surface area contributed by atoms with E-state index in [1.165, 1.54) is 5.56 Å². The number of para-hydroxylation sites is 2. The highest BCUT2D eigenvalue weighted by Crippen LogP contribution is 2.24. The molecule has 1 heterocycles. The normalized spacial score (nSPS) is 11.9. The Morgan fingerprint density at radius 1 is 0.875 bits per heavy atom. The first-order valence-electron chi connectivity index (χ1n) is 14.2. The van der Waals surface area contributed by atoms with E-state index >= 15 is 0 Å². The van der Waals surface area contributed by atoms with E-state index in [1.54, 1.807) is 12.0 Å². The second-order valence-electron chi connectivity index (χ2n) is 10.7. The van der Waals surface area contributed by atoms with Gasteiger partial charge in [0.25, 0.3) is 0 Å². The van der Waals surface area contributed by atoms with Crippen LogP contribution in [0.5, 0.6) is 5.75 Å². The van der Waals surface area contributed by atoms with Gasteiger partial charge in [0.2, 0.25) is 11.8 Å². The van der Waals surface area contributed by atoms with Crippen LogP contribution < -0.4 is 4.74 Å². The molecule has 0 saturated carbocycles. The molecule has 1 atom stereocenters. The van der Waals surface area contributed by atoms with Gasteiger partial charge in [0, 0.05) is 42.3 Å². The van der Waals surface area contributed by atoms with Gasteiger partial charge in [0.15, 0.2) is 0 Å². The summed E-state index contributed by atoms with van der Waals surface area (Å²) in [5.41, 5.74) is 4.18.